The first-order valence-corrected chi connectivity index (χ1v) is 10.9. The van der Waals surface area contributed by atoms with Crippen LogP contribution in [0.25, 0.3) is 0 Å². The lowest BCUT2D eigenvalue weighted by Gasteiger charge is -2.33. The normalized spacial score (nSPS) is 20.0. The zero-order chi connectivity index (χ0) is 21.8. The van der Waals surface area contributed by atoms with Crippen LogP contribution in [-0.2, 0) is 11.2 Å². The van der Waals surface area contributed by atoms with Crippen molar-refractivity contribution in [3.63, 3.8) is 0 Å². The van der Waals surface area contributed by atoms with Crippen molar-refractivity contribution in [2.75, 3.05) is 33.0 Å². The van der Waals surface area contributed by atoms with Crippen molar-refractivity contribution in [1.82, 2.24) is 5.32 Å². The maximum Gasteiger partial charge on any atom is 0.123 e. The molecule has 30 heavy (non-hydrogen) atoms. The van der Waals surface area contributed by atoms with Crippen LogP contribution in [0.15, 0.2) is 47.7 Å². The molecular formula is C24H36FNO4. The fraction of sp³-hybridized carbons (Fsp3) is 0.583. The standard InChI is InChI=1S/C24H36FNO4/c1-19(26-17-24(18-28)12-10-23(29)21(15-24)16-27)5-3-2-4-13-30-14-11-20-6-8-22(25)9-7-20/h6-10,12,19,26-29H,2-5,11,13-18H2,1H3. The van der Waals surface area contributed by atoms with Crippen molar-refractivity contribution in [1.29, 1.82) is 0 Å². The van der Waals surface area contributed by atoms with E-state index in [1.807, 2.05) is 6.08 Å². The molecule has 1 aromatic carbocycles. The molecule has 2 unspecified atom stereocenters. The SMILES string of the molecule is CC(CCCCCOCCc1ccc(F)cc1)NCC1(CO)C=CC(O)=C(CO)C1. The summed E-state index contributed by atoms with van der Waals surface area (Å²) in [6.07, 6.45) is 8.92. The topological polar surface area (TPSA) is 82.0 Å². The number of hydrogen-bond donors (Lipinski definition) is 4. The van der Waals surface area contributed by atoms with E-state index in [2.05, 4.69) is 12.2 Å². The van der Waals surface area contributed by atoms with Gasteiger partial charge in [-0.1, -0.05) is 31.1 Å². The van der Waals surface area contributed by atoms with E-state index in [0.717, 1.165) is 44.3 Å². The second kappa shape index (κ2) is 12.8. The molecular weight excluding hydrogens is 385 g/mol. The molecule has 4 N–H and O–H groups in total. The fourth-order valence-electron chi connectivity index (χ4n) is 3.62. The number of nitrogens with one attached hydrogen (secondary N) is 1. The van der Waals surface area contributed by atoms with Crippen molar-refractivity contribution < 1.29 is 24.4 Å². The van der Waals surface area contributed by atoms with Crippen molar-refractivity contribution in [2.45, 2.75) is 51.5 Å². The summed E-state index contributed by atoms with van der Waals surface area (Å²) < 4.78 is 18.5. The zero-order valence-corrected chi connectivity index (χ0v) is 17.9. The third-order valence-electron chi connectivity index (χ3n) is 5.70. The molecule has 0 spiro atoms. The Labute approximate surface area is 179 Å². The highest BCUT2D eigenvalue weighted by atomic mass is 19.1. The molecule has 168 valence electrons. The summed E-state index contributed by atoms with van der Waals surface area (Å²) >= 11 is 0. The Morgan fingerprint density at radius 3 is 2.60 bits per heavy atom. The summed E-state index contributed by atoms with van der Waals surface area (Å²) in [4.78, 5) is 0. The first kappa shape index (κ1) is 24.5. The highest BCUT2D eigenvalue weighted by Gasteiger charge is 2.31. The van der Waals surface area contributed by atoms with Gasteiger partial charge < -0.3 is 25.4 Å². The van der Waals surface area contributed by atoms with Crippen LogP contribution in [0.1, 0.15) is 44.6 Å². The molecule has 1 aromatic rings. The Balaban J connectivity index is 1.53. The number of unbranched alkanes of at least 4 members (excludes halogenated alkanes) is 2. The summed E-state index contributed by atoms with van der Waals surface area (Å²) in [6, 6.07) is 6.85. The Morgan fingerprint density at radius 2 is 1.90 bits per heavy atom. The van der Waals surface area contributed by atoms with Crippen LogP contribution < -0.4 is 5.32 Å². The maximum absolute atomic E-state index is 12.9. The van der Waals surface area contributed by atoms with E-state index in [1.54, 1.807) is 18.2 Å². The van der Waals surface area contributed by atoms with Crippen molar-refractivity contribution >= 4 is 0 Å². The molecule has 0 saturated heterocycles. The second-order valence-electron chi connectivity index (χ2n) is 8.30. The van der Waals surface area contributed by atoms with E-state index < -0.39 is 5.41 Å². The summed E-state index contributed by atoms with van der Waals surface area (Å²) in [5, 5.41) is 32.5. The number of aliphatic hydroxyl groups is 3. The first-order chi connectivity index (χ1) is 14.5. The molecule has 0 heterocycles. The van der Waals surface area contributed by atoms with Gasteiger partial charge in [0.1, 0.15) is 11.6 Å². The highest BCUT2D eigenvalue weighted by molar-refractivity contribution is 5.29. The minimum absolute atomic E-state index is 0.0325. The summed E-state index contributed by atoms with van der Waals surface area (Å²) in [7, 11) is 0. The van der Waals surface area contributed by atoms with Gasteiger partial charge in [0.2, 0.25) is 0 Å². The molecule has 1 aliphatic rings. The van der Waals surface area contributed by atoms with Crippen LogP contribution in [0.5, 0.6) is 0 Å². The smallest absolute Gasteiger partial charge is 0.123 e. The van der Waals surface area contributed by atoms with E-state index in [-0.39, 0.29) is 24.8 Å². The van der Waals surface area contributed by atoms with Crippen molar-refractivity contribution in [3.8, 4) is 0 Å². The molecule has 0 amide bonds. The van der Waals surface area contributed by atoms with Gasteiger partial charge >= 0.3 is 0 Å². The lowest BCUT2D eigenvalue weighted by atomic mass is 9.78. The van der Waals surface area contributed by atoms with Crippen LogP contribution in [-0.4, -0.2) is 54.3 Å². The van der Waals surface area contributed by atoms with E-state index in [9.17, 15) is 19.7 Å². The van der Waals surface area contributed by atoms with Crippen LogP contribution in [0, 0.1) is 11.2 Å². The van der Waals surface area contributed by atoms with Crippen molar-refractivity contribution in [3.05, 3.63) is 59.1 Å². The van der Waals surface area contributed by atoms with Crippen LogP contribution in [0.2, 0.25) is 0 Å². The lowest BCUT2D eigenvalue weighted by molar-refractivity contribution is 0.132. The number of ether oxygens (including phenoxy) is 1. The average Bonchev–Trinajstić information content (AvgIpc) is 2.76. The third-order valence-corrected chi connectivity index (χ3v) is 5.70. The molecule has 0 aliphatic heterocycles. The second-order valence-corrected chi connectivity index (χ2v) is 8.30. The molecule has 2 atom stereocenters. The zero-order valence-electron chi connectivity index (χ0n) is 17.9. The van der Waals surface area contributed by atoms with Crippen LogP contribution in [0.4, 0.5) is 4.39 Å². The van der Waals surface area contributed by atoms with Gasteiger partial charge in [0.15, 0.2) is 0 Å². The van der Waals surface area contributed by atoms with Crippen LogP contribution in [0.3, 0.4) is 0 Å². The maximum atomic E-state index is 12.9. The molecule has 1 aliphatic carbocycles. The molecule has 0 aromatic heterocycles. The molecule has 0 bridgehead atoms. The lowest BCUT2D eigenvalue weighted by Crippen LogP contribution is -2.41. The molecule has 2 rings (SSSR count). The largest absolute Gasteiger partial charge is 0.508 e. The number of halogens is 1. The van der Waals surface area contributed by atoms with Crippen LogP contribution >= 0.6 is 0 Å². The van der Waals surface area contributed by atoms with Crippen molar-refractivity contribution in [2.24, 2.45) is 5.41 Å². The average molecular weight is 422 g/mol. The monoisotopic (exact) mass is 421 g/mol. The first-order valence-electron chi connectivity index (χ1n) is 10.9. The van der Waals surface area contributed by atoms with E-state index in [4.69, 9.17) is 4.74 Å². The number of aliphatic hydroxyl groups excluding tert-OH is 3. The Morgan fingerprint density at radius 1 is 1.13 bits per heavy atom. The van der Waals surface area contributed by atoms with Gasteiger partial charge in [0.05, 0.1) is 19.8 Å². The third kappa shape index (κ3) is 8.19. The minimum atomic E-state index is -0.475. The van der Waals surface area contributed by atoms with E-state index >= 15 is 0 Å². The Bertz CT molecular complexity index is 689. The predicted octanol–water partition coefficient (Wildman–Crippen LogP) is 3.67. The summed E-state index contributed by atoms with van der Waals surface area (Å²) in [6.45, 7) is 3.90. The summed E-state index contributed by atoms with van der Waals surface area (Å²) in [5.74, 6) is -0.106. The molecule has 0 fully saturated rings. The number of rotatable bonds is 14. The van der Waals surface area contributed by atoms with Gasteiger partial charge in [0, 0.05) is 24.6 Å². The fourth-order valence-corrected chi connectivity index (χ4v) is 3.62. The molecule has 0 radical (unpaired) electrons. The number of benzene rings is 1. The van der Waals surface area contributed by atoms with Gasteiger partial charge in [-0.2, -0.15) is 0 Å². The van der Waals surface area contributed by atoms with Gasteiger partial charge in [-0.25, -0.2) is 4.39 Å². The quantitative estimate of drug-likeness (QED) is 0.345. The van der Waals surface area contributed by atoms with Gasteiger partial charge in [-0.15, -0.1) is 0 Å². The Kier molecular flexibility index (Phi) is 10.5. The number of allylic oxidation sites excluding steroid dienone is 1. The predicted molar refractivity (Wildman–Crippen MR) is 117 cm³/mol. The van der Waals surface area contributed by atoms with Gasteiger partial charge in [-0.3, -0.25) is 0 Å². The van der Waals surface area contributed by atoms with Gasteiger partial charge in [0.25, 0.3) is 0 Å². The van der Waals surface area contributed by atoms with E-state index in [0.29, 0.717) is 31.2 Å². The molecule has 6 heteroatoms. The molecule has 0 saturated carbocycles. The Hall–Kier alpha value is -1.73. The highest BCUT2D eigenvalue weighted by Crippen LogP contribution is 2.33. The van der Waals surface area contributed by atoms with Gasteiger partial charge in [-0.05, 0) is 62.0 Å². The molecule has 5 nitrogen and oxygen atoms in total. The number of hydrogen-bond acceptors (Lipinski definition) is 5. The minimum Gasteiger partial charge on any atom is -0.508 e. The van der Waals surface area contributed by atoms with E-state index in [1.165, 1.54) is 12.1 Å². The summed E-state index contributed by atoms with van der Waals surface area (Å²) in [5.41, 5.74) is 1.18.